The minimum atomic E-state index is -1.05. The van der Waals surface area contributed by atoms with Crippen LogP contribution < -0.4 is 0 Å². The number of hydrogen-bond acceptors (Lipinski definition) is 2. The summed E-state index contributed by atoms with van der Waals surface area (Å²) in [5.74, 6) is 0. The van der Waals surface area contributed by atoms with Gasteiger partial charge in [-0.1, -0.05) is 54.1 Å². The molecule has 1 heterocycles. The van der Waals surface area contributed by atoms with E-state index in [1.54, 1.807) is 13.0 Å². The highest BCUT2D eigenvalue weighted by Crippen LogP contribution is 2.30. The Labute approximate surface area is 129 Å². The van der Waals surface area contributed by atoms with Crippen molar-refractivity contribution in [2.75, 3.05) is 0 Å². The first-order valence-electron chi connectivity index (χ1n) is 6.88. The van der Waals surface area contributed by atoms with Gasteiger partial charge in [-0.2, -0.15) is 0 Å². The molecule has 1 N–H and O–H groups in total. The van der Waals surface area contributed by atoms with Crippen LogP contribution in [0.2, 0.25) is 5.02 Å². The number of fused-ring (bicyclic) bond motifs is 1. The molecular weight excluding hydrogens is 282 g/mol. The van der Waals surface area contributed by atoms with Crippen LogP contribution in [0.15, 0.2) is 60.7 Å². The molecule has 21 heavy (non-hydrogen) atoms. The highest BCUT2D eigenvalue weighted by Gasteiger charge is 2.26. The van der Waals surface area contributed by atoms with Gasteiger partial charge in [-0.15, -0.1) is 0 Å². The lowest BCUT2D eigenvalue weighted by molar-refractivity contribution is 0.0568. The fraction of sp³-hybridized carbons (Fsp3) is 0.167. The van der Waals surface area contributed by atoms with Crippen LogP contribution in [-0.2, 0) is 12.0 Å². The second kappa shape index (κ2) is 5.47. The summed E-state index contributed by atoms with van der Waals surface area (Å²) >= 11 is 6.19. The van der Waals surface area contributed by atoms with Gasteiger partial charge in [0.25, 0.3) is 0 Å². The van der Waals surface area contributed by atoms with Crippen molar-refractivity contribution in [3.8, 4) is 0 Å². The standard InChI is InChI=1S/C18H16ClNO/c1-18(21,15-7-3-4-8-16(15)19)12-14-11-10-13-6-2-5-9-17(13)20-14/h2-11,21H,12H2,1H3. The molecule has 106 valence electrons. The Hall–Kier alpha value is -1.90. The van der Waals surface area contributed by atoms with E-state index in [9.17, 15) is 5.11 Å². The molecule has 3 rings (SSSR count). The van der Waals surface area contributed by atoms with Crippen molar-refractivity contribution in [1.82, 2.24) is 4.98 Å². The third-order valence-corrected chi connectivity index (χ3v) is 3.97. The Bertz CT molecular complexity index is 783. The zero-order valence-corrected chi connectivity index (χ0v) is 12.5. The molecule has 3 heteroatoms. The van der Waals surface area contributed by atoms with Gasteiger partial charge in [0, 0.05) is 28.1 Å². The number of pyridine rings is 1. The van der Waals surface area contributed by atoms with Crippen molar-refractivity contribution in [2.45, 2.75) is 18.9 Å². The van der Waals surface area contributed by atoms with E-state index in [1.807, 2.05) is 54.6 Å². The quantitative estimate of drug-likeness (QED) is 0.780. The summed E-state index contributed by atoms with van der Waals surface area (Å²) in [5.41, 5.74) is 1.46. The largest absolute Gasteiger partial charge is 0.385 e. The van der Waals surface area contributed by atoms with Crippen LogP contribution in [-0.4, -0.2) is 10.1 Å². The molecule has 0 saturated heterocycles. The van der Waals surface area contributed by atoms with Gasteiger partial charge < -0.3 is 5.11 Å². The second-order valence-corrected chi connectivity index (χ2v) is 5.83. The summed E-state index contributed by atoms with van der Waals surface area (Å²) in [6.45, 7) is 1.77. The molecule has 2 nitrogen and oxygen atoms in total. The maximum absolute atomic E-state index is 10.8. The Morgan fingerprint density at radius 2 is 1.71 bits per heavy atom. The lowest BCUT2D eigenvalue weighted by Gasteiger charge is -2.24. The molecular formula is C18H16ClNO. The maximum atomic E-state index is 10.8. The monoisotopic (exact) mass is 297 g/mol. The van der Waals surface area contributed by atoms with Crippen molar-refractivity contribution in [3.63, 3.8) is 0 Å². The summed E-state index contributed by atoms with van der Waals surface area (Å²) in [7, 11) is 0. The average Bonchev–Trinajstić information content (AvgIpc) is 2.47. The number of para-hydroxylation sites is 1. The third-order valence-electron chi connectivity index (χ3n) is 3.64. The number of hydrogen-bond donors (Lipinski definition) is 1. The molecule has 0 bridgehead atoms. The Morgan fingerprint density at radius 1 is 1.00 bits per heavy atom. The van der Waals surface area contributed by atoms with Gasteiger partial charge in [-0.3, -0.25) is 4.98 Å². The molecule has 0 saturated carbocycles. The summed E-state index contributed by atoms with van der Waals surface area (Å²) in [6, 6.07) is 19.3. The first-order valence-corrected chi connectivity index (χ1v) is 7.26. The van der Waals surface area contributed by atoms with E-state index in [4.69, 9.17) is 11.6 Å². The zero-order chi connectivity index (χ0) is 14.9. The van der Waals surface area contributed by atoms with Gasteiger partial charge >= 0.3 is 0 Å². The summed E-state index contributed by atoms with van der Waals surface area (Å²) in [4.78, 5) is 4.61. The van der Waals surface area contributed by atoms with Crippen LogP contribution in [0.5, 0.6) is 0 Å². The Morgan fingerprint density at radius 3 is 2.52 bits per heavy atom. The average molecular weight is 298 g/mol. The first-order chi connectivity index (χ1) is 10.1. The topological polar surface area (TPSA) is 33.1 Å². The first kappa shape index (κ1) is 14.1. The van der Waals surface area contributed by atoms with Crippen LogP contribution in [0.1, 0.15) is 18.2 Å². The summed E-state index contributed by atoms with van der Waals surface area (Å²) in [5, 5.41) is 12.4. The van der Waals surface area contributed by atoms with Crippen molar-refractivity contribution in [3.05, 3.63) is 76.9 Å². The van der Waals surface area contributed by atoms with Gasteiger partial charge in [-0.05, 0) is 25.1 Å². The van der Waals surface area contributed by atoms with Gasteiger partial charge in [-0.25, -0.2) is 0 Å². The van der Waals surface area contributed by atoms with Gasteiger partial charge in [0.05, 0.1) is 11.1 Å². The molecule has 1 atom stereocenters. The van der Waals surface area contributed by atoms with Crippen LogP contribution in [0, 0.1) is 0 Å². The number of rotatable bonds is 3. The van der Waals surface area contributed by atoms with Crippen molar-refractivity contribution in [1.29, 1.82) is 0 Å². The van der Waals surface area contributed by atoms with E-state index in [1.165, 1.54) is 0 Å². The molecule has 3 aromatic rings. The van der Waals surface area contributed by atoms with Crippen LogP contribution in [0.3, 0.4) is 0 Å². The lowest BCUT2D eigenvalue weighted by atomic mass is 9.90. The number of halogens is 1. The molecule has 0 spiro atoms. The zero-order valence-electron chi connectivity index (χ0n) is 11.8. The number of aliphatic hydroxyl groups is 1. The van der Waals surface area contributed by atoms with Gasteiger partial charge in [0.1, 0.15) is 0 Å². The molecule has 0 aliphatic carbocycles. The van der Waals surface area contributed by atoms with E-state index in [0.29, 0.717) is 11.4 Å². The molecule has 2 aromatic carbocycles. The predicted molar refractivity (Wildman–Crippen MR) is 86.5 cm³/mol. The fourth-order valence-corrected chi connectivity index (χ4v) is 2.89. The Kier molecular flexibility index (Phi) is 3.66. The summed E-state index contributed by atoms with van der Waals surface area (Å²) in [6.07, 6.45) is 0.418. The normalized spacial score (nSPS) is 14.0. The van der Waals surface area contributed by atoms with E-state index in [0.717, 1.165) is 22.2 Å². The van der Waals surface area contributed by atoms with E-state index in [-0.39, 0.29) is 0 Å². The van der Waals surface area contributed by atoms with Crippen molar-refractivity contribution >= 4 is 22.5 Å². The van der Waals surface area contributed by atoms with Gasteiger partial charge in [0.2, 0.25) is 0 Å². The van der Waals surface area contributed by atoms with E-state index in [2.05, 4.69) is 4.98 Å². The minimum absolute atomic E-state index is 0.418. The minimum Gasteiger partial charge on any atom is -0.385 e. The lowest BCUT2D eigenvalue weighted by Crippen LogP contribution is -2.25. The van der Waals surface area contributed by atoms with Crippen LogP contribution >= 0.6 is 11.6 Å². The summed E-state index contributed by atoms with van der Waals surface area (Å²) < 4.78 is 0. The Balaban J connectivity index is 1.95. The number of benzene rings is 2. The van der Waals surface area contributed by atoms with E-state index >= 15 is 0 Å². The molecule has 0 fully saturated rings. The molecule has 0 aliphatic rings. The fourth-order valence-electron chi connectivity index (χ4n) is 2.55. The van der Waals surface area contributed by atoms with Crippen molar-refractivity contribution in [2.24, 2.45) is 0 Å². The van der Waals surface area contributed by atoms with Crippen LogP contribution in [0.25, 0.3) is 10.9 Å². The number of aromatic nitrogens is 1. The molecule has 1 unspecified atom stereocenters. The molecule has 0 radical (unpaired) electrons. The highest BCUT2D eigenvalue weighted by atomic mass is 35.5. The third kappa shape index (κ3) is 2.92. The maximum Gasteiger partial charge on any atom is 0.0938 e. The van der Waals surface area contributed by atoms with Gasteiger partial charge in [0.15, 0.2) is 0 Å². The predicted octanol–water partition coefficient (Wildman–Crippen LogP) is 4.34. The SMILES string of the molecule is CC(O)(Cc1ccc2ccccc2n1)c1ccccc1Cl. The molecule has 0 amide bonds. The van der Waals surface area contributed by atoms with E-state index < -0.39 is 5.60 Å². The highest BCUT2D eigenvalue weighted by molar-refractivity contribution is 6.31. The smallest absolute Gasteiger partial charge is 0.0938 e. The van der Waals surface area contributed by atoms with Crippen molar-refractivity contribution < 1.29 is 5.11 Å². The number of nitrogens with zero attached hydrogens (tertiary/aromatic N) is 1. The van der Waals surface area contributed by atoms with Crippen LogP contribution in [0.4, 0.5) is 0 Å². The molecule has 0 aliphatic heterocycles. The molecule has 1 aromatic heterocycles. The second-order valence-electron chi connectivity index (χ2n) is 5.43.